The van der Waals surface area contributed by atoms with Crippen LogP contribution in [-0.2, 0) is 13.0 Å². The number of benzene rings is 2. The first-order valence-corrected chi connectivity index (χ1v) is 11.4. The summed E-state index contributed by atoms with van der Waals surface area (Å²) in [7, 11) is 0. The van der Waals surface area contributed by atoms with Crippen LogP contribution in [0, 0.1) is 5.95 Å². The molecule has 3 aromatic rings. The van der Waals surface area contributed by atoms with Crippen LogP contribution in [0.2, 0.25) is 0 Å². The topological polar surface area (TPSA) is 64.2 Å². The molecule has 1 aliphatic rings. The van der Waals surface area contributed by atoms with E-state index in [0.717, 1.165) is 49.7 Å². The van der Waals surface area contributed by atoms with Gasteiger partial charge in [-0.15, -0.1) is 0 Å². The Morgan fingerprint density at radius 1 is 1.06 bits per heavy atom. The van der Waals surface area contributed by atoms with Gasteiger partial charge in [-0.2, -0.15) is 4.39 Å². The molecule has 0 radical (unpaired) electrons. The third-order valence-electron chi connectivity index (χ3n) is 6.40. The van der Waals surface area contributed by atoms with Crippen LogP contribution in [0.3, 0.4) is 0 Å². The normalized spacial score (nSPS) is 14.6. The Morgan fingerprint density at radius 2 is 1.75 bits per heavy atom. The minimum absolute atomic E-state index is 0.0528. The highest BCUT2D eigenvalue weighted by molar-refractivity contribution is 5.95. The highest BCUT2D eigenvalue weighted by Crippen LogP contribution is 2.29. The average molecular weight is 437 g/mol. The third-order valence-corrected chi connectivity index (χ3v) is 6.40. The molecule has 0 bridgehead atoms. The van der Waals surface area contributed by atoms with E-state index in [9.17, 15) is 14.7 Å². The van der Waals surface area contributed by atoms with Gasteiger partial charge in [-0.1, -0.05) is 75.1 Å². The fraction of sp³-hybridized carbons (Fsp3) is 0.385. The zero-order valence-corrected chi connectivity index (χ0v) is 18.4. The first-order valence-electron chi connectivity index (χ1n) is 11.4. The first-order chi connectivity index (χ1) is 15.5. The van der Waals surface area contributed by atoms with E-state index in [1.54, 1.807) is 22.8 Å². The standard InChI is InChI=1S/C26H29FN2O3/c1-2-8-23-24(27)29(20-9-4-3-5-10-20)26(32)28(23)17-18-13-15-19(16-14-18)21-11-6-7-12-22(21)25(30)31/h6-7,11-16,20H,2-5,8-10,17H2,1H3,(H,30,31). The average Bonchev–Trinajstić information content (AvgIpc) is 3.04. The smallest absolute Gasteiger partial charge is 0.336 e. The zero-order valence-electron chi connectivity index (χ0n) is 18.4. The number of carboxylic acids is 1. The quantitative estimate of drug-likeness (QED) is 0.520. The molecule has 4 rings (SSSR count). The van der Waals surface area contributed by atoms with Crippen LogP contribution in [0.15, 0.2) is 53.3 Å². The Kier molecular flexibility index (Phi) is 6.58. The van der Waals surface area contributed by atoms with Gasteiger partial charge in [0.2, 0.25) is 5.95 Å². The molecule has 1 heterocycles. The number of rotatable bonds is 7. The summed E-state index contributed by atoms with van der Waals surface area (Å²) in [5.41, 5.74) is 2.76. The van der Waals surface area contributed by atoms with Gasteiger partial charge in [-0.05, 0) is 42.0 Å². The monoisotopic (exact) mass is 436 g/mol. The lowest BCUT2D eigenvalue weighted by Crippen LogP contribution is -2.30. The Hall–Kier alpha value is -3.15. The van der Waals surface area contributed by atoms with Crippen molar-refractivity contribution in [3.8, 4) is 11.1 Å². The fourth-order valence-electron chi connectivity index (χ4n) is 4.77. The van der Waals surface area contributed by atoms with Gasteiger partial charge in [-0.3, -0.25) is 9.13 Å². The lowest BCUT2D eigenvalue weighted by molar-refractivity contribution is 0.0697. The van der Waals surface area contributed by atoms with Crippen molar-refractivity contribution in [1.29, 1.82) is 0 Å². The summed E-state index contributed by atoms with van der Waals surface area (Å²) >= 11 is 0. The highest BCUT2D eigenvalue weighted by Gasteiger charge is 2.26. The second kappa shape index (κ2) is 9.55. The van der Waals surface area contributed by atoms with Crippen LogP contribution >= 0.6 is 0 Å². The number of hydrogen-bond acceptors (Lipinski definition) is 2. The summed E-state index contributed by atoms with van der Waals surface area (Å²) in [6.45, 7) is 2.28. The summed E-state index contributed by atoms with van der Waals surface area (Å²) in [6, 6.07) is 14.3. The second-order valence-electron chi connectivity index (χ2n) is 8.57. The van der Waals surface area contributed by atoms with E-state index in [0.29, 0.717) is 24.2 Å². The van der Waals surface area contributed by atoms with Crippen LogP contribution in [-0.4, -0.2) is 20.2 Å². The lowest BCUT2D eigenvalue weighted by atomic mass is 9.95. The van der Waals surface area contributed by atoms with Gasteiger partial charge in [0.1, 0.15) is 0 Å². The Morgan fingerprint density at radius 3 is 2.41 bits per heavy atom. The van der Waals surface area contributed by atoms with E-state index < -0.39 is 5.97 Å². The van der Waals surface area contributed by atoms with Crippen LogP contribution in [0.4, 0.5) is 4.39 Å². The summed E-state index contributed by atoms with van der Waals surface area (Å²) < 4.78 is 18.3. The third kappa shape index (κ3) is 4.27. The summed E-state index contributed by atoms with van der Waals surface area (Å²) in [5, 5.41) is 9.45. The molecule has 1 aromatic heterocycles. The van der Waals surface area contributed by atoms with Gasteiger partial charge >= 0.3 is 11.7 Å². The Balaban J connectivity index is 1.66. The van der Waals surface area contributed by atoms with Crippen molar-refractivity contribution >= 4 is 5.97 Å². The molecule has 0 spiro atoms. The molecule has 5 nitrogen and oxygen atoms in total. The minimum atomic E-state index is -0.972. The summed E-state index contributed by atoms with van der Waals surface area (Å²) in [4.78, 5) is 24.7. The molecule has 0 atom stereocenters. The van der Waals surface area contributed by atoms with Crippen LogP contribution in [0.1, 0.15) is 73.1 Å². The van der Waals surface area contributed by atoms with Gasteiger partial charge in [-0.25, -0.2) is 9.59 Å². The largest absolute Gasteiger partial charge is 0.478 e. The fourth-order valence-corrected chi connectivity index (χ4v) is 4.77. The van der Waals surface area contributed by atoms with Crippen LogP contribution in [0.25, 0.3) is 11.1 Å². The van der Waals surface area contributed by atoms with Gasteiger partial charge in [0.25, 0.3) is 0 Å². The molecule has 0 aliphatic heterocycles. The van der Waals surface area contributed by atoms with Gasteiger partial charge in [0.15, 0.2) is 0 Å². The van der Waals surface area contributed by atoms with Crippen LogP contribution in [0.5, 0.6) is 0 Å². The van der Waals surface area contributed by atoms with E-state index in [2.05, 4.69) is 0 Å². The molecule has 0 saturated heterocycles. The number of imidazole rings is 1. The van der Waals surface area contributed by atoms with Crippen molar-refractivity contribution in [2.24, 2.45) is 0 Å². The highest BCUT2D eigenvalue weighted by atomic mass is 19.1. The van der Waals surface area contributed by atoms with E-state index in [4.69, 9.17) is 0 Å². The molecule has 32 heavy (non-hydrogen) atoms. The molecule has 1 aliphatic carbocycles. The van der Waals surface area contributed by atoms with Crippen molar-refractivity contribution in [1.82, 2.24) is 9.13 Å². The Labute approximate surface area is 187 Å². The van der Waals surface area contributed by atoms with Gasteiger partial charge in [0, 0.05) is 6.04 Å². The van der Waals surface area contributed by atoms with E-state index >= 15 is 4.39 Å². The SMILES string of the molecule is CCCc1c(F)n(C2CCCCC2)c(=O)n1Cc1ccc(-c2ccccc2C(=O)O)cc1. The molecule has 6 heteroatoms. The minimum Gasteiger partial charge on any atom is -0.478 e. The maximum atomic E-state index is 15.3. The van der Waals surface area contributed by atoms with E-state index in [1.807, 2.05) is 37.3 Å². The number of aromatic nitrogens is 2. The molecule has 0 amide bonds. The number of carbonyl (C=O) groups is 1. The molecular weight excluding hydrogens is 407 g/mol. The number of halogens is 1. The number of aromatic carboxylic acids is 1. The maximum Gasteiger partial charge on any atom is 0.336 e. The summed E-state index contributed by atoms with van der Waals surface area (Å²) in [6.07, 6.45) is 6.19. The molecule has 168 valence electrons. The number of carboxylic acid groups (broad SMARTS) is 1. The Bertz CT molecular complexity index is 1150. The predicted molar refractivity (Wildman–Crippen MR) is 123 cm³/mol. The first kappa shape index (κ1) is 22.1. The van der Waals surface area contributed by atoms with E-state index in [1.165, 1.54) is 4.57 Å². The number of nitrogens with zero attached hydrogens (tertiary/aromatic N) is 2. The van der Waals surface area contributed by atoms with E-state index in [-0.39, 0.29) is 23.2 Å². The zero-order chi connectivity index (χ0) is 22.7. The van der Waals surface area contributed by atoms with Crippen molar-refractivity contribution in [2.45, 2.75) is 64.5 Å². The van der Waals surface area contributed by atoms with Crippen molar-refractivity contribution in [3.05, 3.63) is 81.8 Å². The molecular formula is C26H29FN2O3. The van der Waals surface area contributed by atoms with Gasteiger partial charge in [0.05, 0.1) is 17.8 Å². The van der Waals surface area contributed by atoms with Crippen molar-refractivity contribution in [2.75, 3.05) is 0 Å². The molecule has 0 unspecified atom stereocenters. The molecule has 1 saturated carbocycles. The summed E-state index contributed by atoms with van der Waals surface area (Å²) in [5.74, 6) is -1.35. The van der Waals surface area contributed by atoms with Crippen molar-refractivity contribution in [3.63, 3.8) is 0 Å². The molecule has 1 N–H and O–H groups in total. The molecule has 2 aromatic carbocycles. The van der Waals surface area contributed by atoms with Gasteiger partial charge < -0.3 is 5.11 Å². The predicted octanol–water partition coefficient (Wildman–Crippen LogP) is 5.66. The molecule has 1 fully saturated rings. The maximum absolute atomic E-state index is 15.3. The van der Waals surface area contributed by atoms with Crippen LogP contribution < -0.4 is 5.69 Å². The second-order valence-corrected chi connectivity index (χ2v) is 8.57. The van der Waals surface area contributed by atoms with Crippen molar-refractivity contribution < 1.29 is 14.3 Å². The number of hydrogen-bond donors (Lipinski definition) is 1. The lowest BCUT2D eigenvalue weighted by Gasteiger charge is -2.22.